The molecule has 0 radical (unpaired) electrons. The minimum atomic E-state index is -0.929. The predicted molar refractivity (Wildman–Crippen MR) is 94.9 cm³/mol. The molecule has 0 saturated heterocycles. The second kappa shape index (κ2) is 8.15. The minimum absolute atomic E-state index is 0.0345. The van der Waals surface area contributed by atoms with Crippen LogP contribution in [0.3, 0.4) is 0 Å². The van der Waals surface area contributed by atoms with Gasteiger partial charge >= 0.3 is 12.0 Å². The molecule has 0 bridgehead atoms. The smallest absolute Gasteiger partial charge is 0.319 e. The Morgan fingerprint density at radius 3 is 2.08 bits per heavy atom. The zero-order valence-corrected chi connectivity index (χ0v) is 13.8. The number of aliphatic carboxylic acids is 1. The number of urea groups is 1. The first-order valence-corrected chi connectivity index (χ1v) is 7.90. The first kappa shape index (κ1) is 17.5. The first-order chi connectivity index (χ1) is 11.5. The van der Waals surface area contributed by atoms with Crippen LogP contribution in [-0.2, 0) is 4.79 Å². The van der Waals surface area contributed by atoms with Crippen molar-refractivity contribution in [3.05, 3.63) is 54.6 Å². The van der Waals surface area contributed by atoms with Gasteiger partial charge in [-0.1, -0.05) is 56.3 Å². The van der Waals surface area contributed by atoms with Gasteiger partial charge in [-0.2, -0.15) is 0 Å². The summed E-state index contributed by atoms with van der Waals surface area (Å²) in [5.74, 6) is -0.895. The Labute approximate surface area is 141 Å². The second-order valence-corrected chi connectivity index (χ2v) is 5.99. The molecule has 0 heterocycles. The van der Waals surface area contributed by atoms with E-state index in [-0.39, 0.29) is 12.3 Å². The van der Waals surface area contributed by atoms with E-state index in [2.05, 4.69) is 10.6 Å². The third-order valence-electron chi connectivity index (χ3n) is 3.77. The van der Waals surface area contributed by atoms with Crippen molar-refractivity contribution < 1.29 is 14.7 Å². The molecule has 24 heavy (non-hydrogen) atoms. The summed E-state index contributed by atoms with van der Waals surface area (Å²) >= 11 is 0. The maximum atomic E-state index is 12.0. The van der Waals surface area contributed by atoms with Gasteiger partial charge in [0.1, 0.15) is 0 Å². The van der Waals surface area contributed by atoms with Crippen LogP contribution in [-0.4, -0.2) is 23.1 Å². The molecule has 2 aromatic rings. The van der Waals surface area contributed by atoms with Gasteiger partial charge in [0, 0.05) is 11.7 Å². The number of rotatable bonds is 6. The van der Waals surface area contributed by atoms with E-state index in [0.29, 0.717) is 5.69 Å². The number of amides is 2. The largest absolute Gasteiger partial charge is 0.481 e. The Morgan fingerprint density at radius 2 is 1.54 bits per heavy atom. The average molecular weight is 326 g/mol. The Kier molecular flexibility index (Phi) is 5.95. The van der Waals surface area contributed by atoms with Crippen molar-refractivity contribution in [3.63, 3.8) is 0 Å². The van der Waals surface area contributed by atoms with Crippen molar-refractivity contribution in [2.45, 2.75) is 26.3 Å². The SMILES string of the molecule is CC(C)C(CC(=O)O)NC(=O)Nc1ccc(-c2ccccc2)cc1. The Hall–Kier alpha value is -2.82. The summed E-state index contributed by atoms with van der Waals surface area (Å²) in [5.41, 5.74) is 2.83. The van der Waals surface area contributed by atoms with Crippen LogP contribution in [0, 0.1) is 5.92 Å². The van der Waals surface area contributed by atoms with E-state index >= 15 is 0 Å². The van der Waals surface area contributed by atoms with E-state index in [1.165, 1.54) is 0 Å². The molecule has 126 valence electrons. The summed E-state index contributed by atoms with van der Waals surface area (Å²) in [4.78, 5) is 22.9. The highest BCUT2D eigenvalue weighted by atomic mass is 16.4. The summed E-state index contributed by atoms with van der Waals surface area (Å²) in [5, 5.41) is 14.4. The van der Waals surface area contributed by atoms with Crippen LogP contribution in [0.1, 0.15) is 20.3 Å². The maximum absolute atomic E-state index is 12.0. The lowest BCUT2D eigenvalue weighted by Gasteiger charge is -2.20. The van der Waals surface area contributed by atoms with Gasteiger partial charge in [-0.05, 0) is 29.2 Å². The molecule has 2 rings (SSSR count). The molecule has 1 unspecified atom stereocenters. The van der Waals surface area contributed by atoms with Crippen LogP contribution in [0.5, 0.6) is 0 Å². The molecular weight excluding hydrogens is 304 g/mol. The molecule has 0 aliphatic heterocycles. The summed E-state index contributed by atoms with van der Waals surface area (Å²) in [7, 11) is 0. The van der Waals surface area contributed by atoms with Crippen molar-refractivity contribution in [2.24, 2.45) is 5.92 Å². The number of hydrogen-bond acceptors (Lipinski definition) is 2. The molecule has 3 N–H and O–H groups in total. The van der Waals surface area contributed by atoms with E-state index in [9.17, 15) is 9.59 Å². The zero-order valence-electron chi connectivity index (χ0n) is 13.8. The molecular formula is C19H22N2O3. The van der Waals surface area contributed by atoms with Crippen LogP contribution in [0.2, 0.25) is 0 Å². The molecule has 2 aromatic carbocycles. The standard InChI is InChI=1S/C19H22N2O3/c1-13(2)17(12-18(22)23)21-19(24)20-16-10-8-15(9-11-16)14-6-4-3-5-7-14/h3-11,13,17H,12H2,1-2H3,(H,22,23)(H2,20,21,24). The van der Waals surface area contributed by atoms with Gasteiger partial charge in [0.2, 0.25) is 0 Å². The molecule has 0 fully saturated rings. The normalized spacial score (nSPS) is 11.8. The van der Waals surface area contributed by atoms with Crippen molar-refractivity contribution >= 4 is 17.7 Å². The van der Waals surface area contributed by atoms with E-state index < -0.39 is 18.0 Å². The summed E-state index contributed by atoms with van der Waals surface area (Å²) < 4.78 is 0. The number of anilines is 1. The van der Waals surface area contributed by atoms with Gasteiger partial charge in [-0.25, -0.2) is 4.79 Å². The van der Waals surface area contributed by atoms with E-state index in [1.807, 2.05) is 68.4 Å². The summed E-state index contributed by atoms with van der Waals surface area (Å²) in [6, 6.07) is 16.7. The third kappa shape index (κ3) is 5.12. The number of carbonyl (C=O) groups is 2. The first-order valence-electron chi connectivity index (χ1n) is 7.90. The fraction of sp³-hybridized carbons (Fsp3) is 0.263. The van der Waals surface area contributed by atoms with Crippen molar-refractivity contribution in [2.75, 3.05) is 5.32 Å². The monoisotopic (exact) mass is 326 g/mol. The number of benzene rings is 2. The van der Waals surface area contributed by atoms with Gasteiger partial charge in [0.25, 0.3) is 0 Å². The lowest BCUT2D eigenvalue weighted by atomic mass is 10.0. The third-order valence-corrected chi connectivity index (χ3v) is 3.77. The van der Waals surface area contributed by atoms with Gasteiger partial charge in [0.15, 0.2) is 0 Å². The molecule has 0 aliphatic rings. The number of hydrogen-bond donors (Lipinski definition) is 3. The molecule has 0 saturated carbocycles. The minimum Gasteiger partial charge on any atom is -0.481 e. The van der Waals surface area contributed by atoms with Crippen LogP contribution < -0.4 is 10.6 Å². The molecule has 5 nitrogen and oxygen atoms in total. The average Bonchev–Trinajstić information content (AvgIpc) is 2.55. The highest BCUT2D eigenvalue weighted by molar-refractivity contribution is 5.90. The highest BCUT2D eigenvalue weighted by Crippen LogP contribution is 2.21. The second-order valence-electron chi connectivity index (χ2n) is 5.99. The number of carbonyl (C=O) groups excluding carboxylic acids is 1. The van der Waals surface area contributed by atoms with Gasteiger partial charge in [0.05, 0.1) is 6.42 Å². The van der Waals surface area contributed by atoms with Crippen LogP contribution in [0.25, 0.3) is 11.1 Å². The van der Waals surface area contributed by atoms with Crippen molar-refractivity contribution in [1.29, 1.82) is 0 Å². The topological polar surface area (TPSA) is 78.4 Å². The molecule has 0 aromatic heterocycles. The fourth-order valence-electron chi connectivity index (χ4n) is 2.35. The lowest BCUT2D eigenvalue weighted by Crippen LogP contribution is -2.42. The van der Waals surface area contributed by atoms with Crippen molar-refractivity contribution in [3.8, 4) is 11.1 Å². The molecule has 5 heteroatoms. The summed E-state index contributed by atoms with van der Waals surface area (Å²) in [6.45, 7) is 3.76. The highest BCUT2D eigenvalue weighted by Gasteiger charge is 2.19. The number of nitrogens with one attached hydrogen (secondary N) is 2. The van der Waals surface area contributed by atoms with Gasteiger partial charge in [-0.15, -0.1) is 0 Å². The quantitative estimate of drug-likeness (QED) is 0.751. The predicted octanol–water partition coefficient (Wildman–Crippen LogP) is 3.97. The molecule has 0 spiro atoms. The van der Waals surface area contributed by atoms with E-state index in [0.717, 1.165) is 11.1 Å². The van der Waals surface area contributed by atoms with Gasteiger partial charge in [-0.3, -0.25) is 4.79 Å². The fourth-order valence-corrected chi connectivity index (χ4v) is 2.35. The Balaban J connectivity index is 1.98. The summed E-state index contributed by atoms with van der Waals surface area (Å²) in [6.07, 6.45) is -0.0992. The maximum Gasteiger partial charge on any atom is 0.319 e. The lowest BCUT2D eigenvalue weighted by molar-refractivity contribution is -0.137. The molecule has 1 atom stereocenters. The van der Waals surface area contributed by atoms with Crippen LogP contribution in [0.15, 0.2) is 54.6 Å². The van der Waals surface area contributed by atoms with Gasteiger partial charge < -0.3 is 15.7 Å². The Morgan fingerprint density at radius 1 is 0.958 bits per heavy atom. The van der Waals surface area contributed by atoms with Crippen LogP contribution in [0.4, 0.5) is 10.5 Å². The molecule has 0 aliphatic carbocycles. The van der Waals surface area contributed by atoms with E-state index in [4.69, 9.17) is 5.11 Å². The zero-order chi connectivity index (χ0) is 17.5. The van der Waals surface area contributed by atoms with Crippen molar-refractivity contribution in [1.82, 2.24) is 5.32 Å². The Bertz CT molecular complexity index is 682. The van der Waals surface area contributed by atoms with Crippen LogP contribution >= 0.6 is 0 Å². The number of carboxylic acid groups (broad SMARTS) is 1. The molecule has 2 amide bonds. The van der Waals surface area contributed by atoms with E-state index in [1.54, 1.807) is 0 Å². The number of carboxylic acids is 1.